The molecular weight excluding hydrogens is 222 g/mol. The number of rotatable bonds is 4. The maximum absolute atomic E-state index is 8.87. The van der Waals surface area contributed by atoms with Crippen molar-refractivity contribution in [3.8, 4) is 6.07 Å². The predicted octanol–water partition coefficient (Wildman–Crippen LogP) is 2.97. The van der Waals surface area contributed by atoms with Gasteiger partial charge in [-0.2, -0.15) is 5.26 Å². The zero-order valence-corrected chi connectivity index (χ0v) is 10.8. The molecule has 3 heteroatoms. The van der Waals surface area contributed by atoms with Crippen LogP contribution in [-0.2, 0) is 6.54 Å². The van der Waals surface area contributed by atoms with Crippen LogP contribution < -0.4 is 0 Å². The normalized spacial score (nSPS) is 11.1. The van der Waals surface area contributed by atoms with E-state index in [2.05, 4.69) is 35.9 Å². The second-order valence-electron chi connectivity index (χ2n) is 4.64. The molecule has 0 atom stereocenters. The molecule has 0 unspecified atom stereocenters. The molecule has 0 amide bonds. The Morgan fingerprint density at radius 1 is 1.28 bits per heavy atom. The second kappa shape index (κ2) is 5.61. The van der Waals surface area contributed by atoms with E-state index in [1.165, 1.54) is 10.9 Å². The van der Waals surface area contributed by atoms with E-state index in [0.29, 0.717) is 12.6 Å². The summed E-state index contributed by atoms with van der Waals surface area (Å²) in [5.74, 6) is 0. The lowest BCUT2D eigenvalue weighted by Gasteiger charge is -2.23. The van der Waals surface area contributed by atoms with Crippen LogP contribution >= 0.6 is 0 Å². The molecule has 0 fully saturated rings. The average molecular weight is 239 g/mol. The van der Waals surface area contributed by atoms with Gasteiger partial charge in [-0.25, -0.2) is 0 Å². The summed E-state index contributed by atoms with van der Waals surface area (Å²) in [6.07, 6.45) is 1.84. The largest absolute Gasteiger partial charge is 0.284 e. The van der Waals surface area contributed by atoms with Crippen molar-refractivity contribution in [3.63, 3.8) is 0 Å². The molecule has 0 bridgehead atoms. The van der Waals surface area contributed by atoms with Gasteiger partial charge in [0.15, 0.2) is 0 Å². The first-order chi connectivity index (χ1) is 8.72. The van der Waals surface area contributed by atoms with Crippen LogP contribution in [0.25, 0.3) is 10.9 Å². The van der Waals surface area contributed by atoms with E-state index in [4.69, 9.17) is 5.26 Å². The number of aromatic nitrogens is 1. The molecule has 0 spiro atoms. The molecule has 0 aliphatic carbocycles. The molecule has 0 saturated heterocycles. The summed E-state index contributed by atoms with van der Waals surface area (Å²) in [5, 5.41) is 10.0. The molecule has 0 aliphatic heterocycles. The third kappa shape index (κ3) is 2.66. The van der Waals surface area contributed by atoms with Gasteiger partial charge in [-0.1, -0.05) is 18.2 Å². The smallest absolute Gasteiger partial charge is 0.0871 e. The van der Waals surface area contributed by atoms with Crippen molar-refractivity contribution < 1.29 is 0 Å². The fourth-order valence-corrected chi connectivity index (χ4v) is 2.02. The second-order valence-corrected chi connectivity index (χ2v) is 4.64. The van der Waals surface area contributed by atoms with Crippen molar-refractivity contribution in [2.45, 2.75) is 26.4 Å². The van der Waals surface area contributed by atoms with Crippen LogP contribution in [-0.4, -0.2) is 22.5 Å². The van der Waals surface area contributed by atoms with Crippen molar-refractivity contribution in [2.75, 3.05) is 6.54 Å². The Labute approximate surface area is 108 Å². The summed E-state index contributed by atoms with van der Waals surface area (Å²) < 4.78 is 0. The Kier molecular flexibility index (Phi) is 3.91. The molecule has 3 nitrogen and oxygen atoms in total. The molecule has 1 heterocycles. The standard InChI is InChI=1S/C15H17N3/c1-12(2)18(10-8-16)11-13-7-9-17-15-6-4-3-5-14(13)15/h3-7,9,12H,10-11H2,1-2H3. The van der Waals surface area contributed by atoms with Crippen molar-refractivity contribution in [1.29, 1.82) is 5.26 Å². The van der Waals surface area contributed by atoms with Gasteiger partial charge in [0.25, 0.3) is 0 Å². The van der Waals surface area contributed by atoms with Crippen molar-refractivity contribution >= 4 is 10.9 Å². The fourth-order valence-electron chi connectivity index (χ4n) is 2.02. The molecule has 2 rings (SSSR count). The van der Waals surface area contributed by atoms with Gasteiger partial charge in [0.05, 0.1) is 18.1 Å². The quantitative estimate of drug-likeness (QED) is 0.770. The first-order valence-electron chi connectivity index (χ1n) is 6.16. The van der Waals surface area contributed by atoms with E-state index in [1.54, 1.807) is 0 Å². The highest BCUT2D eigenvalue weighted by Crippen LogP contribution is 2.18. The van der Waals surface area contributed by atoms with Crippen LogP contribution in [0.5, 0.6) is 0 Å². The number of hydrogen-bond acceptors (Lipinski definition) is 3. The molecule has 92 valence electrons. The SMILES string of the molecule is CC(C)N(CC#N)Cc1ccnc2ccccc12. The first-order valence-corrected chi connectivity index (χ1v) is 6.16. The fraction of sp³-hybridized carbons (Fsp3) is 0.333. The topological polar surface area (TPSA) is 39.9 Å². The third-order valence-corrected chi connectivity index (χ3v) is 3.12. The van der Waals surface area contributed by atoms with Gasteiger partial charge >= 0.3 is 0 Å². The lowest BCUT2D eigenvalue weighted by molar-refractivity contribution is 0.241. The highest BCUT2D eigenvalue weighted by Gasteiger charge is 2.11. The first kappa shape index (κ1) is 12.5. The number of nitrogens with zero attached hydrogens (tertiary/aromatic N) is 3. The maximum atomic E-state index is 8.87. The monoisotopic (exact) mass is 239 g/mol. The Bertz CT molecular complexity index is 564. The maximum Gasteiger partial charge on any atom is 0.0871 e. The summed E-state index contributed by atoms with van der Waals surface area (Å²) in [5.41, 5.74) is 2.24. The number of pyridine rings is 1. The van der Waals surface area contributed by atoms with Gasteiger partial charge in [0, 0.05) is 24.2 Å². The molecule has 0 N–H and O–H groups in total. The highest BCUT2D eigenvalue weighted by molar-refractivity contribution is 5.81. The van der Waals surface area contributed by atoms with Crippen LogP contribution in [0.4, 0.5) is 0 Å². The number of benzene rings is 1. The Morgan fingerprint density at radius 3 is 2.78 bits per heavy atom. The van der Waals surface area contributed by atoms with Crippen molar-refractivity contribution in [2.24, 2.45) is 0 Å². The highest BCUT2D eigenvalue weighted by atomic mass is 15.1. The third-order valence-electron chi connectivity index (χ3n) is 3.12. The zero-order valence-electron chi connectivity index (χ0n) is 10.8. The van der Waals surface area contributed by atoms with Gasteiger partial charge < -0.3 is 0 Å². The van der Waals surface area contributed by atoms with Crippen LogP contribution in [0.15, 0.2) is 36.5 Å². The van der Waals surface area contributed by atoms with E-state index < -0.39 is 0 Å². The van der Waals surface area contributed by atoms with E-state index in [-0.39, 0.29) is 0 Å². The van der Waals surface area contributed by atoms with E-state index in [1.807, 2.05) is 30.5 Å². The minimum atomic E-state index is 0.358. The van der Waals surface area contributed by atoms with Crippen LogP contribution in [0, 0.1) is 11.3 Å². The minimum absolute atomic E-state index is 0.358. The van der Waals surface area contributed by atoms with E-state index >= 15 is 0 Å². The minimum Gasteiger partial charge on any atom is -0.284 e. The summed E-state index contributed by atoms with van der Waals surface area (Å²) in [6.45, 7) is 5.46. The van der Waals surface area contributed by atoms with Gasteiger partial charge in [-0.3, -0.25) is 9.88 Å². The Balaban J connectivity index is 2.34. The molecule has 1 aromatic heterocycles. The lowest BCUT2D eigenvalue weighted by atomic mass is 10.1. The number of nitriles is 1. The van der Waals surface area contributed by atoms with Crippen LogP contribution in [0.1, 0.15) is 19.4 Å². The Hall–Kier alpha value is -1.92. The van der Waals surface area contributed by atoms with Gasteiger partial charge in [0.2, 0.25) is 0 Å². The average Bonchev–Trinajstić information content (AvgIpc) is 2.38. The molecule has 18 heavy (non-hydrogen) atoms. The van der Waals surface area contributed by atoms with E-state index in [0.717, 1.165) is 12.1 Å². The number of hydrogen-bond donors (Lipinski definition) is 0. The zero-order chi connectivity index (χ0) is 13.0. The molecule has 0 radical (unpaired) electrons. The van der Waals surface area contributed by atoms with Crippen molar-refractivity contribution in [1.82, 2.24) is 9.88 Å². The molecular formula is C15H17N3. The van der Waals surface area contributed by atoms with Gasteiger partial charge in [-0.15, -0.1) is 0 Å². The number of para-hydroxylation sites is 1. The number of fused-ring (bicyclic) bond motifs is 1. The molecule has 1 aromatic carbocycles. The van der Waals surface area contributed by atoms with Gasteiger partial charge in [0.1, 0.15) is 0 Å². The lowest BCUT2D eigenvalue weighted by Crippen LogP contribution is -2.30. The molecule has 0 aliphatic rings. The molecule has 2 aromatic rings. The summed E-state index contributed by atoms with van der Waals surface area (Å²) in [4.78, 5) is 6.51. The van der Waals surface area contributed by atoms with E-state index in [9.17, 15) is 0 Å². The van der Waals surface area contributed by atoms with Gasteiger partial charge in [-0.05, 0) is 31.5 Å². The van der Waals surface area contributed by atoms with Crippen LogP contribution in [0.3, 0.4) is 0 Å². The van der Waals surface area contributed by atoms with Crippen LogP contribution in [0.2, 0.25) is 0 Å². The summed E-state index contributed by atoms with van der Waals surface area (Å²) >= 11 is 0. The molecule has 0 saturated carbocycles. The summed E-state index contributed by atoms with van der Waals surface area (Å²) in [6, 6.07) is 12.7. The van der Waals surface area contributed by atoms with Crippen molar-refractivity contribution in [3.05, 3.63) is 42.1 Å². The Morgan fingerprint density at radius 2 is 2.06 bits per heavy atom. The predicted molar refractivity (Wildman–Crippen MR) is 72.9 cm³/mol. The summed E-state index contributed by atoms with van der Waals surface area (Å²) in [7, 11) is 0.